The lowest BCUT2D eigenvalue weighted by atomic mass is 10.0. The fourth-order valence-corrected chi connectivity index (χ4v) is 8.46. The summed E-state index contributed by atoms with van der Waals surface area (Å²) < 4.78 is 35.5. The smallest absolute Gasteiger partial charge is 0.244 e. The Labute approximate surface area is 354 Å². The number of aromatic nitrogens is 1. The molecular formula is C47H51F2N7O5. The van der Waals surface area contributed by atoms with Gasteiger partial charge in [-0.2, -0.15) is 0 Å². The number of benzene rings is 4. The van der Waals surface area contributed by atoms with E-state index in [9.17, 15) is 28.0 Å². The quantitative estimate of drug-likeness (QED) is 0.118. The summed E-state index contributed by atoms with van der Waals surface area (Å²) in [5.41, 5.74) is 3.24. The Bertz CT molecular complexity index is 2190. The number of rotatable bonds is 14. The molecule has 0 spiro atoms. The number of anilines is 2. The highest BCUT2D eigenvalue weighted by Crippen LogP contribution is 2.32. The molecule has 3 heterocycles. The average molecular weight is 832 g/mol. The van der Waals surface area contributed by atoms with Gasteiger partial charge in [0.25, 0.3) is 0 Å². The zero-order valence-corrected chi connectivity index (χ0v) is 34.8. The van der Waals surface area contributed by atoms with E-state index in [0.717, 1.165) is 18.4 Å². The van der Waals surface area contributed by atoms with Gasteiger partial charge in [-0.3, -0.25) is 29.0 Å². The van der Waals surface area contributed by atoms with Crippen LogP contribution in [0.1, 0.15) is 61.7 Å². The van der Waals surface area contributed by atoms with Crippen LogP contribution in [0, 0.1) is 11.6 Å². The van der Waals surface area contributed by atoms with E-state index in [1.807, 2.05) is 12.1 Å². The summed E-state index contributed by atoms with van der Waals surface area (Å²) in [6.45, 7) is 1.01. The number of nitrogens with one attached hydrogen (secondary N) is 2. The number of nitrogens with zero attached hydrogens (tertiary/aromatic N) is 5. The Balaban J connectivity index is 0.912. The molecule has 5 aromatic rings. The monoisotopic (exact) mass is 831 g/mol. The highest BCUT2D eigenvalue weighted by Gasteiger charge is 2.38. The van der Waals surface area contributed by atoms with Crippen LogP contribution in [0.5, 0.6) is 0 Å². The molecule has 2 aliphatic heterocycles. The Hall–Kier alpha value is -6.25. The summed E-state index contributed by atoms with van der Waals surface area (Å²) >= 11 is 0. The largest absolute Gasteiger partial charge is 0.436 e. The molecule has 4 amide bonds. The molecule has 1 aromatic heterocycles. The van der Waals surface area contributed by atoms with Gasteiger partial charge in [0.15, 0.2) is 5.76 Å². The normalized spacial score (nSPS) is 17.4. The number of oxazole rings is 1. The molecule has 0 radical (unpaired) electrons. The second-order valence-corrected chi connectivity index (χ2v) is 16.1. The first-order valence-corrected chi connectivity index (χ1v) is 20.6. The van der Waals surface area contributed by atoms with Gasteiger partial charge in [0.2, 0.25) is 29.5 Å². The van der Waals surface area contributed by atoms with Crippen molar-refractivity contribution in [3.05, 3.63) is 126 Å². The van der Waals surface area contributed by atoms with Crippen molar-refractivity contribution in [2.45, 2.75) is 62.7 Å². The van der Waals surface area contributed by atoms with Gasteiger partial charge in [0, 0.05) is 71.6 Å². The number of halogens is 2. The second kappa shape index (κ2) is 19.0. The molecule has 2 fully saturated rings. The molecule has 4 atom stereocenters. The summed E-state index contributed by atoms with van der Waals surface area (Å²) in [5.74, 6) is -0.868. The number of carbonyl (C=O) groups is 4. The van der Waals surface area contributed by atoms with Gasteiger partial charge in [-0.05, 0) is 115 Å². The first kappa shape index (κ1) is 42.9. The number of likely N-dealkylation sites (N-methyl/N-ethyl adjacent to an activating group) is 2. The minimum absolute atomic E-state index is 0.118. The Morgan fingerprint density at radius 1 is 0.656 bits per heavy atom. The molecule has 0 aliphatic carbocycles. The molecule has 2 aliphatic rings. The van der Waals surface area contributed by atoms with E-state index in [0.29, 0.717) is 65.6 Å². The SMILES string of the molecule is CN(C)C(C(=O)N1CCC[C@H]1CC(=O)Nc1ccc(-c2cnc(-c3ccc(NC(=O)C[C@@H]4CCCN4C(=O)C(c4ccccc4F)N(C)C)cc3)o2)cc1)c1ccccc1F. The molecule has 14 heteroatoms. The number of hydrogen-bond acceptors (Lipinski definition) is 8. The van der Waals surface area contributed by atoms with Crippen molar-refractivity contribution < 1.29 is 32.4 Å². The predicted octanol–water partition coefficient (Wildman–Crippen LogP) is 7.53. The molecule has 12 nitrogen and oxygen atoms in total. The van der Waals surface area contributed by atoms with Crippen LogP contribution in [0.15, 0.2) is 108 Å². The van der Waals surface area contributed by atoms with Crippen molar-refractivity contribution in [1.29, 1.82) is 0 Å². The van der Waals surface area contributed by atoms with Crippen LogP contribution >= 0.6 is 0 Å². The van der Waals surface area contributed by atoms with E-state index in [1.54, 1.807) is 127 Å². The highest BCUT2D eigenvalue weighted by atomic mass is 19.1. The van der Waals surface area contributed by atoms with Crippen LogP contribution in [0.4, 0.5) is 20.2 Å². The van der Waals surface area contributed by atoms with Crippen molar-refractivity contribution >= 4 is 35.0 Å². The van der Waals surface area contributed by atoms with Crippen molar-refractivity contribution in [3.8, 4) is 22.8 Å². The van der Waals surface area contributed by atoms with E-state index in [-0.39, 0.29) is 48.6 Å². The average Bonchev–Trinajstić information content (AvgIpc) is 4.02. The second-order valence-electron chi connectivity index (χ2n) is 16.1. The lowest BCUT2D eigenvalue weighted by Crippen LogP contribution is -2.44. The Morgan fingerprint density at radius 2 is 1.08 bits per heavy atom. The predicted molar refractivity (Wildman–Crippen MR) is 229 cm³/mol. The molecule has 7 rings (SSSR count). The van der Waals surface area contributed by atoms with Gasteiger partial charge in [-0.15, -0.1) is 0 Å². The Morgan fingerprint density at radius 3 is 1.51 bits per heavy atom. The molecule has 318 valence electrons. The maximum Gasteiger partial charge on any atom is 0.244 e. The van der Waals surface area contributed by atoms with Crippen LogP contribution in [-0.4, -0.2) is 102 Å². The lowest BCUT2D eigenvalue weighted by molar-refractivity contribution is -0.138. The van der Waals surface area contributed by atoms with Gasteiger partial charge >= 0.3 is 0 Å². The molecular weight excluding hydrogens is 781 g/mol. The van der Waals surface area contributed by atoms with E-state index in [4.69, 9.17) is 4.42 Å². The minimum Gasteiger partial charge on any atom is -0.436 e. The molecule has 2 unspecified atom stereocenters. The fourth-order valence-electron chi connectivity index (χ4n) is 8.46. The molecule has 0 bridgehead atoms. The van der Waals surface area contributed by atoms with E-state index in [1.165, 1.54) is 12.1 Å². The number of likely N-dealkylation sites (tertiary alicyclic amines) is 2. The lowest BCUT2D eigenvalue weighted by Gasteiger charge is -2.32. The molecule has 61 heavy (non-hydrogen) atoms. The zero-order valence-electron chi connectivity index (χ0n) is 34.8. The van der Waals surface area contributed by atoms with Gasteiger partial charge in [0.1, 0.15) is 23.7 Å². The number of amides is 4. The maximum absolute atomic E-state index is 14.7. The van der Waals surface area contributed by atoms with E-state index < -0.39 is 23.7 Å². The van der Waals surface area contributed by atoms with Crippen molar-refractivity contribution in [2.24, 2.45) is 0 Å². The van der Waals surface area contributed by atoms with Crippen LogP contribution in [0.2, 0.25) is 0 Å². The summed E-state index contributed by atoms with van der Waals surface area (Å²) in [6, 6.07) is 24.7. The van der Waals surface area contributed by atoms with E-state index in [2.05, 4.69) is 15.6 Å². The molecule has 0 saturated carbocycles. The minimum atomic E-state index is -0.794. The van der Waals surface area contributed by atoms with Crippen molar-refractivity contribution in [3.63, 3.8) is 0 Å². The fraction of sp³-hybridized carbons (Fsp3) is 0.340. The van der Waals surface area contributed by atoms with Crippen LogP contribution in [-0.2, 0) is 19.2 Å². The maximum atomic E-state index is 14.7. The van der Waals surface area contributed by atoms with Crippen molar-refractivity contribution in [1.82, 2.24) is 24.6 Å². The van der Waals surface area contributed by atoms with E-state index >= 15 is 0 Å². The summed E-state index contributed by atoms with van der Waals surface area (Å²) in [4.78, 5) is 65.0. The third-order valence-electron chi connectivity index (χ3n) is 11.4. The highest BCUT2D eigenvalue weighted by molar-refractivity contribution is 5.93. The standard InChI is InChI=1S/C47H51F2N7O5/c1-53(2)43(36-13-5-7-15-38(36)48)46(59)55-25-9-11-34(55)27-41(57)51-32-21-17-30(18-22-32)40-29-50-45(61-40)31-19-23-33(24-20-31)52-42(58)28-35-12-10-26-56(35)47(60)44(54(3)4)37-14-6-8-16-39(37)49/h5-8,13-24,29,34-35,43-44H,9-12,25-28H2,1-4H3,(H,51,57)(H,52,58)/t34-,35-,43?,44?/m0/s1. The molecule has 2 saturated heterocycles. The van der Waals surface area contributed by atoms with Gasteiger partial charge in [0.05, 0.1) is 6.20 Å². The summed E-state index contributed by atoms with van der Waals surface area (Å²) in [7, 11) is 6.98. The van der Waals surface area contributed by atoms with Gasteiger partial charge in [-0.25, -0.2) is 13.8 Å². The van der Waals surface area contributed by atoms with Gasteiger partial charge < -0.3 is 24.9 Å². The summed E-state index contributed by atoms with van der Waals surface area (Å²) in [6.07, 6.45) is 4.74. The summed E-state index contributed by atoms with van der Waals surface area (Å²) in [5, 5.41) is 5.87. The number of hydrogen-bond donors (Lipinski definition) is 2. The van der Waals surface area contributed by atoms with Crippen molar-refractivity contribution in [2.75, 3.05) is 51.9 Å². The third-order valence-corrected chi connectivity index (χ3v) is 11.4. The van der Waals surface area contributed by atoms with Crippen LogP contribution in [0.3, 0.4) is 0 Å². The first-order valence-electron chi connectivity index (χ1n) is 20.6. The Kier molecular flexibility index (Phi) is 13.3. The van der Waals surface area contributed by atoms with Crippen LogP contribution in [0.25, 0.3) is 22.8 Å². The topological polar surface area (TPSA) is 131 Å². The number of carbonyl (C=O) groups excluding carboxylic acids is 4. The third kappa shape index (κ3) is 9.87. The van der Waals surface area contributed by atoms with Crippen LogP contribution < -0.4 is 10.6 Å². The van der Waals surface area contributed by atoms with Gasteiger partial charge in [-0.1, -0.05) is 36.4 Å². The first-order chi connectivity index (χ1) is 29.4. The molecule has 2 N–H and O–H groups in total. The zero-order chi connectivity index (χ0) is 43.2. The molecule has 4 aromatic carbocycles.